The number of carbonyl (C=O) groups excluding carboxylic acids is 1. The number of methoxy groups -OCH3 is 1. The molecule has 2 aromatic rings. The van der Waals surface area contributed by atoms with Crippen molar-refractivity contribution in [3.63, 3.8) is 0 Å². The molecule has 29 heavy (non-hydrogen) atoms. The van der Waals surface area contributed by atoms with Gasteiger partial charge in [0.1, 0.15) is 24.0 Å². The molecule has 0 radical (unpaired) electrons. The Morgan fingerprint density at radius 2 is 2.10 bits per heavy atom. The van der Waals surface area contributed by atoms with Crippen molar-refractivity contribution in [2.75, 3.05) is 25.6 Å². The summed E-state index contributed by atoms with van der Waals surface area (Å²) in [5.41, 5.74) is 1.15. The van der Waals surface area contributed by atoms with Crippen LogP contribution in [0.4, 0.5) is 5.69 Å². The van der Waals surface area contributed by atoms with E-state index >= 15 is 0 Å². The van der Waals surface area contributed by atoms with Gasteiger partial charge in [0, 0.05) is 11.8 Å². The smallest absolute Gasteiger partial charge is 0.266 e. The summed E-state index contributed by atoms with van der Waals surface area (Å²) in [4.78, 5) is 12.6. The molecule has 0 atom stereocenters. The van der Waals surface area contributed by atoms with Crippen LogP contribution in [0.3, 0.4) is 0 Å². The second-order valence-corrected chi connectivity index (χ2v) is 6.88. The number of hydrogen-bond acceptors (Lipinski definition) is 5. The highest BCUT2D eigenvalue weighted by molar-refractivity contribution is 14.1. The molecule has 0 heterocycles. The fraction of sp³-hybridized carbons (Fsp3) is 0.182. The van der Waals surface area contributed by atoms with Crippen LogP contribution in [-0.2, 0) is 4.79 Å². The van der Waals surface area contributed by atoms with Crippen molar-refractivity contribution >= 4 is 40.3 Å². The lowest BCUT2D eigenvalue weighted by Crippen LogP contribution is -2.13. The third kappa shape index (κ3) is 6.26. The van der Waals surface area contributed by atoms with Gasteiger partial charge in [-0.05, 0) is 65.4 Å². The zero-order chi connectivity index (χ0) is 21.2. The van der Waals surface area contributed by atoms with Crippen molar-refractivity contribution in [1.29, 1.82) is 5.26 Å². The lowest BCUT2D eigenvalue weighted by Gasteiger charge is -2.12. The third-order valence-corrected chi connectivity index (χ3v) is 4.48. The number of anilines is 1. The number of hydrogen-bond donors (Lipinski definition) is 1. The van der Waals surface area contributed by atoms with Crippen molar-refractivity contribution in [1.82, 2.24) is 0 Å². The zero-order valence-corrected chi connectivity index (χ0v) is 18.4. The Labute approximate surface area is 183 Å². The number of halogens is 1. The van der Waals surface area contributed by atoms with Crippen LogP contribution in [0, 0.1) is 14.9 Å². The Balaban J connectivity index is 2.27. The van der Waals surface area contributed by atoms with Crippen molar-refractivity contribution in [3.8, 4) is 23.3 Å². The largest absolute Gasteiger partial charge is 0.494 e. The van der Waals surface area contributed by atoms with E-state index in [2.05, 4.69) is 34.5 Å². The Hall–Kier alpha value is -2.99. The van der Waals surface area contributed by atoms with Crippen molar-refractivity contribution in [3.05, 3.63) is 63.8 Å². The molecule has 0 unspecified atom stereocenters. The first-order valence-corrected chi connectivity index (χ1v) is 9.87. The van der Waals surface area contributed by atoms with Gasteiger partial charge in [-0.25, -0.2) is 0 Å². The molecule has 1 N–H and O–H groups in total. The minimum Gasteiger partial charge on any atom is -0.494 e. The van der Waals surface area contributed by atoms with Crippen LogP contribution in [0.15, 0.2) is 54.6 Å². The fourth-order valence-corrected chi connectivity index (χ4v) is 3.23. The maximum Gasteiger partial charge on any atom is 0.266 e. The monoisotopic (exact) mass is 504 g/mol. The first kappa shape index (κ1) is 22.3. The van der Waals surface area contributed by atoms with E-state index in [1.165, 1.54) is 13.2 Å². The molecule has 7 heteroatoms. The van der Waals surface area contributed by atoms with Gasteiger partial charge in [0.2, 0.25) is 0 Å². The van der Waals surface area contributed by atoms with E-state index in [1.54, 1.807) is 36.4 Å². The van der Waals surface area contributed by atoms with Gasteiger partial charge in [0.05, 0.1) is 17.3 Å². The summed E-state index contributed by atoms with van der Waals surface area (Å²) >= 11 is 2.11. The minimum atomic E-state index is -0.512. The molecule has 2 rings (SSSR count). The van der Waals surface area contributed by atoms with Gasteiger partial charge in [0.15, 0.2) is 11.5 Å². The molecular formula is C22H21IN2O4. The van der Waals surface area contributed by atoms with Gasteiger partial charge in [-0.2, -0.15) is 5.26 Å². The first-order chi connectivity index (χ1) is 14.0. The summed E-state index contributed by atoms with van der Waals surface area (Å²) in [5, 5.41) is 12.2. The Bertz CT molecular complexity index is 964. The Morgan fingerprint density at radius 3 is 2.76 bits per heavy atom. The van der Waals surface area contributed by atoms with E-state index in [-0.39, 0.29) is 5.57 Å². The minimum absolute atomic E-state index is 0.0376. The van der Waals surface area contributed by atoms with E-state index in [4.69, 9.17) is 14.2 Å². The zero-order valence-electron chi connectivity index (χ0n) is 16.2. The van der Waals surface area contributed by atoms with E-state index < -0.39 is 5.91 Å². The highest BCUT2D eigenvalue weighted by Crippen LogP contribution is 2.34. The van der Waals surface area contributed by atoms with Gasteiger partial charge in [-0.15, -0.1) is 0 Å². The highest BCUT2D eigenvalue weighted by Gasteiger charge is 2.14. The third-order valence-electron chi connectivity index (χ3n) is 3.68. The summed E-state index contributed by atoms with van der Waals surface area (Å²) in [7, 11) is 1.53. The van der Waals surface area contributed by atoms with Gasteiger partial charge in [-0.1, -0.05) is 18.7 Å². The second kappa shape index (κ2) is 11.1. The van der Waals surface area contributed by atoms with E-state index in [0.29, 0.717) is 41.7 Å². The molecule has 0 aliphatic carbocycles. The van der Waals surface area contributed by atoms with Crippen LogP contribution in [0.1, 0.15) is 12.5 Å². The maximum absolute atomic E-state index is 12.6. The summed E-state index contributed by atoms with van der Waals surface area (Å²) in [6, 6.07) is 12.5. The van der Waals surface area contributed by atoms with Crippen molar-refractivity contribution < 1.29 is 19.0 Å². The fourth-order valence-electron chi connectivity index (χ4n) is 2.45. The van der Waals surface area contributed by atoms with Crippen LogP contribution < -0.4 is 19.5 Å². The SMILES string of the molecule is C=CCOc1c(I)cc(/C=C(/C#N)C(=O)Nc2cccc(OCC)c2)cc1OC. The van der Waals surface area contributed by atoms with Gasteiger partial charge in [0.25, 0.3) is 5.91 Å². The molecule has 0 bridgehead atoms. The number of benzene rings is 2. The van der Waals surface area contributed by atoms with E-state index in [9.17, 15) is 10.1 Å². The molecule has 1 amide bonds. The number of nitrogens with one attached hydrogen (secondary N) is 1. The normalized spacial score (nSPS) is 10.6. The van der Waals surface area contributed by atoms with Crippen LogP contribution in [0.25, 0.3) is 6.08 Å². The van der Waals surface area contributed by atoms with E-state index in [0.717, 1.165) is 3.57 Å². The molecule has 2 aromatic carbocycles. The predicted octanol–water partition coefficient (Wildman–Crippen LogP) is 4.81. The van der Waals surface area contributed by atoms with Crippen molar-refractivity contribution in [2.45, 2.75) is 6.92 Å². The summed E-state index contributed by atoms with van der Waals surface area (Å²) < 4.78 is 17.2. The number of ether oxygens (including phenoxy) is 3. The van der Waals surface area contributed by atoms with Gasteiger partial charge >= 0.3 is 0 Å². The predicted molar refractivity (Wildman–Crippen MR) is 121 cm³/mol. The summed E-state index contributed by atoms with van der Waals surface area (Å²) in [5.74, 6) is 1.22. The van der Waals surface area contributed by atoms with Crippen LogP contribution >= 0.6 is 22.6 Å². The summed E-state index contributed by atoms with van der Waals surface area (Å²) in [6.45, 7) is 6.38. The average molecular weight is 504 g/mol. The summed E-state index contributed by atoms with van der Waals surface area (Å²) in [6.07, 6.45) is 3.14. The number of nitrogens with zero attached hydrogens (tertiary/aromatic N) is 1. The number of carbonyl (C=O) groups is 1. The lowest BCUT2D eigenvalue weighted by molar-refractivity contribution is -0.112. The molecule has 6 nitrogen and oxygen atoms in total. The quantitative estimate of drug-likeness (QED) is 0.230. The topological polar surface area (TPSA) is 80.6 Å². The molecule has 150 valence electrons. The number of rotatable bonds is 9. The lowest BCUT2D eigenvalue weighted by atomic mass is 10.1. The number of nitriles is 1. The standard InChI is InChI=1S/C22H21IN2O4/c1-4-9-29-21-19(23)11-15(12-20(21)27-3)10-16(14-24)22(26)25-17-7-6-8-18(13-17)28-5-2/h4,6-8,10-13H,1,5,9H2,2-3H3,(H,25,26)/b16-10-. The number of amides is 1. The van der Waals surface area contributed by atoms with Crippen LogP contribution in [-0.4, -0.2) is 26.2 Å². The van der Waals surface area contributed by atoms with Crippen LogP contribution in [0.2, 0.25) is 0 Å². The molecule has 0 aliphatic heterocycles. The molecular weight excluding hydrogens is 483 g/mol. The first-order valence-electron chi connectivity index (χ1n) is 8.79. The molecule has 0 aliphatic rings. The molecule has 0 saturated carbocycles. The van der Waals surface area contributed by atoms with E-state index in [1.807, 2.05) is 19.1 Å². The highest BCUT2D eigenvalue weighted by atomic mass is 127. The Morgan fingerprint density at radius 1 is 1.31 bits per heavy atom. The van der Waals surface area contributed by atoms with Gasteiger partial charge in [-0.3, -0.25) is 4.79 Å². The second-order valence-electron chi connectivity index (χ2n) is 5.72. The van der Waals surface area contributed by atoms with Crippen LogP contribution in [0.5, 0.6) is 17.2 Å². The molecule has 0 aromatic heterocycles. The molecule has 0 spiro atoms. The average Bonchev–Trinajstić information content (AvgIpc) is 2.71. The van der Waals surface area contributed by atoms with Crippen molar-refractivity contribution in [2.24, 2.45) is 0 Å². The Kier molecular flexibility index (Phi) is 8.55. The maximum atomic E-state index is 12.6. The molecule has 0 fully saturated rings. The molecule has 0 saturated heterocycles. The van der Waals surface area contributed by atoms with Gasteiger partial charge < -0.3 is 19.5 Å².